The molecular weight excluding hydrogens is 392 g/mol. The first-order chi connectivity index (χ1) is 13.1. The summed E-state index contributed by atoms with van der Waals surface area (Å²) in [4.78, 5) is 0. The van der Waals surface area contributed by atoms with Crippen molar-refractivity contribution in [3.8, 4) is 0 Å². The van der Waals surface area contributed by atoms with Gasteiger partial charge in [-0.25, -0.2) is 4.18 Å². The molecule has 4 nitrogen and oxygen atoms in total. The molecule has 0 heterocycles. The maximum atomic E-state index is 9.56. The predicted octanol–water partition coefficient (Wildman–Crippen LogP) is 7.49. The van der Waals surface area contributed by atoms with E-state index in [0.717, 1.165) is 11.8 Å². The van der Waals surface area contributed by atoms with Gasteiger partial charge in [0.25, 0.3) is 0 Å². The molecule has 0 radical (unpaired) electrons. The summed E-state index contributed by atoms with van der Waals surface area (Å²) in [6, 6.07) is 0. The molecule has 0 aromatic carbocycles. The number of hydrogen-bond donors (Lipinski definition) is 2. The van der Waals surface area contributed by atoms with Crippen LogP contribution in [0.4, 0.5) is 0 Å². The fraction of sp³-hybridized carbons (Fsp3) is 1.00. The summed E-state index contributed by atoms with van der Waals surface area (Å²) in [5.74, 6) is 1.57. The van der Waals surface area contributed by atoms with Crippen LogP contribution < -0.4 is 0 Å². The van der Waals surface area contributed by atoms with Crippen LogP contribution in [0.15, 0.2) is 0 Å². The van der Waals surface area contributed by atoms with Crippen LogP contribution in [0.5, 0.6) is 0 Å². The zero-order valence-electron chi connectivity index (χ0n) is 19.4. The average molecular weight is 441 g/mol. The van der Waals surface area contributed by atoms with Gasteiger partial charge >= 0.3 is 10.4 Å². The minimum absolute atomic E-state index is 0.0289. The highest BCUT2D eigenvalue weighted by Gasteiger charge is 2.31. The maximum absolute atomic E-state index is 9.56. The summed E-state index contributed by atoms with van der Waals surface area (Å²) in [7, 11) is -4.17. The molecule has 172 valence electrons. The molecule has 0 saturated carbocycles. The average Bonchev–Trinajstić information content (AvgIpc) is 2.60. The van der Waals surface area contributed by atoms with E-state index in [1.165, 1.54) is 84.0 Å². The van der Waals surface area contributed by atoms with E-state index in [2.05, 4.69) is 38.8 Å². The molecule has 0 fully saturated rings. The third-order valence-electron chi connectivity index (χ3n) is 5.52. The van der Waals surface area contributed by atoms with E-state index in [9.17, 15) is 8.42 Å². The van der Waals surface area contributed by atoms with E-state index >= 15 is 0 Å². The van der Waals surface area contributed by atoms with Crippen LogP contribution >= 0.6 is 12.6 Å². The highest BCUT2D eigenvalue weighted by Crippen LogP contribution is 2.38. The van der Waals surface area contributed by atoms with Crippen LogP contribution in [0.2, 0.25) is 0 Å². The van der Waals surface area contributed by atoms with Gasteiger partial charge in [-0.15, -0.1) is 0 Å². The molecular formula is C22H48O4S2. The summed E-state index contributed by atoms with van der Waals surface area (Å²) in [5, 5.41) is 0. The number of unbranched alkanes of at least 4 members (excludes halogenated alkanes) is 6. The van der Waals surface area contributed by atoms with Crippen LogP contribution in [-0.2, 0) is 14.6 Å². The van der Waals surface area contributed by atoms with Gasteiger partial charge in [0.2, 0.25) is 0 Å². The number of rotatable bonds is 16. The molecule has 6 heteroatoms. The standard InChI is InChI=1S/C20H42S.C2H6O4S/c1-6-9-10-11-12-13-14-16-19(5)20(21,8-3)17-18(4)15-7-2;1-2-6-7(3,4)5/h18-19,21H,6-17H2,1-5H3;2H2,1H3,(H,3,4,5). The Labute approximate surface area is 182 Å². The monoisotopic (exact) mass is 440 g/mol. The fourth-order valence-corrected chi connectivity index (χ4v) is 4.46. The van der Waals surface area contributed by atoms with E-state index in [1.807, 2.05) is 0 Å². The predicted molar refractivity (Wildman–Crippen MR) is 126 cm³/mol. The second kappa shape index (κ2) is 18.0. The Morgan fingerprint density at radius 1 is 0.893 bits per heavy atom. The molecule has 0 spiro atoms. The van der Waals surface area contributed by atoms with Crippen molar-refractivity contribution < 1.29 is 17.2 Å². The normalized spacial score (nSPS) is 16.0. The molecule has 0 rings (SSSR count). The van der Waals surface area contributed by atoms with Crippen LogP contribution in [0.1, 0.15) is 119 Å². The Hall–Kier alpha value is 0.220. The topological polar surface area (TPSA) is 63.6 Å². The van der Waals surface area contributed by atoms with Crippen molar-refractivity contribution in [3.05, 3.63) is 0 Å². The van der Waals surface area contributed by atoms with Crippen LogP contribution in [0.3, 0.4) is 0 Å². The lowest BCUT2D eigenvalue weighted by Gasteiger charge is -2.36. The summed E-state index contributed by atoms with van der Waals surface area (Å²) >= 11 is 5.12. The molecule has 28 heavy (non-hydrogen) atoms. The molecule has 0 aliphatic heterocycles. The molecule has 0 aromatic heterocycles. The Morgan fingerprint density at radius 2 is 1.43 bits per heavy atom. The smallest absolute Gasteiger partial charge is 0.264 e. The zero-order chi connectivity index (χ0) is 22.1. The van der Waals surface area contributed by atoms with Gasteiger partial charge in [-0.1, -0.05) is 92.4 Å². The van der Waals surface area contributed by atoms with Crippen molar-refractivity contribution >= 4 is 23.0 Å². The molecule has 0 aliphatic carbocycles. The molecule has 0 bridgehead atoms. The SMILES string of the molecule is CCCCCCCCCC(C)C(S)(CC)CC(C)CCC.CCOS(=O)(=O)O. The Bertz CT molecular complexity index is 440. The van der Waals surface area contributed by atoms with Crippen molar-refractivity contribution in [1.82, 2.24) is 0 Å². The lowest BCUT2D eigenvalue weighted by molar-refractivity contribution is 0.283. The minimum atomic E-state index is -4.17. The van der Waals surface area contributed by atoms with E-state index in [1.54, 1.807) is 0 Å². The molecule has 0 aliphatic rings. The third-order valence-corrected chi connectivity index (χ3v) is 6.99. The van der Waals surface area contributed by atoms with Crippen molar-refractivity contribution in [2.45, 2.75) is 123 Å². The van der Waals surface area contributed by atoms with Gasteiger partial charge < -0.3 is 0 Å². The van der Waals surface area contributed by atoms with Crippen molar-refractivity contribution in [2.75, 3.05) is 6.61 Å². The van der Waals surface area contributed by atoms with Gasteiger partial charge in [-0.2, -0.15) is 21.0 Å². The van der Waals surface area contributed by atoms with Crippen molar-refractivity contribution in [1.29, 1.82) is 0 Å². The lowest BCUT2D eigenvalue weighted by atomic mass is 9.79. The summed E-state index contributed by atoms with van der Waals surface area (Å²) in [5.41, 5.74) is 0. The van der Waals surface area contributed by atoms with Gasteiger partial charge in [0.1, 0.15) is 0 Å². The Morgan fingerprint density at radius 3 is 1.82 bits per heavy atom. The molecule has 3 unspecified atom stereocenters. The summed E-state index contributed by atoms with van der Waals surface area (Å²) in [6.07, 6.45) is 16.4. The van der Waals surface area contributed by atoms with Crippen LogP contribution in [0, 0.1) is 11.8 Å². The van der Waals surface area contributed by atoms with E-state index in [4.69, 9.17) is 17.2 Å². The fourth-order valence-electron chi connectivity index (χ4n) is 3.72. The molecule has 3 atom stereocenters. The van der Waals surface area contributed by atoms with Gasteiger partial charge in [0.15, 0.2) is 0 Å². The molecule has 0 aromatic rings. The second-order valence-electron chi connectivity index (χ2n) is 8.20. The third kappa shape index (κ3) is 18.3. The highest BCUT2D eigenvalue weighted by atomic mass is 32.3. The first kappa shape index (κ1) is 30.4. The van der Waals surface area contributed by atoms with Crippen molar-refractivity contribution in [2.24, 2.45) is 11.8 Å². The first-order valence-electron chi connectivity index (χ1n) is 11.4. The van der Waals surface area contributed by atoms with E-state index in [0.29, 0.717) is 0 Å². The molecule has 1 N–H and O–H groups in total. The summed E-state index contributed by atoms with van der Waals surface area (Å²) in [6.45, 7) is 13.2. The highest BCUT2D eigenvalue weighted by molar-refractivity contribution is 7.81. The Kier molecular flexibility index (Phi) is 19.6. The maximum Gasteiger partial charge on any atom is 0.397 e. The van der Waals surface area contributed by atoms with Gasteiger partial charge in [0, 0.05) is 4.75 Å². The van der Waals surface area contributed by atoms with E-state index < -0.39 is 10.4 Å². The first-order valence-corrected chi connectivity index (χ1v) is 13.2. The number of hydrogen-bond acceptors (Lipinski definition) is 4. The van der Waals surface area contributed by atoms with Gasteiger partial charge in [-0.3, -0.25) is 4.55 Å². The second-order valence-corrected chi connectivity index (χ2v) is 10.2. The van der Waals surface area contributed by atoms with E-state index in [-0.39, 0.29) is 11.4 Å². The Balaban J connectivity index is 0. The zero-order valence-corrected chi connectivity index (χ0v) is 21.1. The van der Waals surface area contributed by atoms with Gasteiger partial charge in [0.05, 0.1) is 6.61 Å². The van der Waals surface area contributed by atoms with Crippen LogP contribution in [-0.4, -0.2) is 24.3 Å². The van der Waals surface area contributed by atoms with Crippen LogP contribution in [0.25, 0.3) is 0 Å². The number of thiol groups is 1. The minimum Gasteiger partial charge on any atom is -0.264 e. The largest absolute Gasteiger partial charge is 0.397 e. The molecule has 0 saturated heterocycles. The summed E-state index contributed by atoms with van der Waals surface area (Å²) < 4.78 is 30.9. The quantitative estimate of drug-likeness (QED) is 0.148. The van der Waals surface area contributed by atoms with Crippen molar-refractivity contribution in [3.63, 3.8) is 0 Å². The van der Waals surface area contributed by atoms with Gasteiger partial charge in [-0.05, 0) is 38.0 Å². The lowest BCUT2D eigenvalue weighted by Crippen LogP contribution is -2.32. The molecule has 0 amide bonds.